The first-order valence-electron chi connectivity index (χ1n) is 9.41. The maximum atomic E-state index is 13.3. The van der Waals surface area contributed by atoms with E-state index in [-0.39, 0.29) is 24.5 Å². The minimum absolute atomic E-state index is 0.137. The predicted molar refractivity (Wildman–Crippen MR) is 114 cm³/mol. The second-order valence-electron chi connectivity index (χ2n) is 6.00. The van der Waals surface area contributed by atoms with E-state index < -0.39 is 7.60 Å². The van der Waals surface area contributed by atoms with E-state index >= 15 is 0 Å². The molecule has 0 radical (unpaired) electrons. The summed E-state index contributed by atoms with van der Waals surface area (Å²) in [5.41, 5.74) is 2.08. The molecular weight excluding hydrogens is 389 g/mol. The third-order valence-corrected chi connectivity index (χ3v) is 5.90. The van der Waals surface area contributed by atoms with Crippen LogP contribution >= 0.6 is 7.60 Å². The van der Waals surface area contributed by atoms with Crippen molar-refractivity contribution in [2.45, 2.75) is 20.4 Å². The number of oxazole rings is 1. The lowest BCUT2D eigenvalue weighted by atomic mass is 10.2. The Kier molecular flexibility index (Phi) is 7.36. The lowest BCUT2D eigenvalue weighted by molar-refractivity contribution is 0.229. The molecule has 0 aliphatic heterocycles. The highest BCUT2D eigenvalue weighted by atomic mass is 31.2. The van der Waals surface area contributed by atoms with E-state index in [9.17, 15) is 4.57 Å². The van der Waals surface area contributed by atoms with E-state index in [0.29, 0.717) is 12.4 Å². The molecule has 29 heavy (non-hydrogen) atoms. The molecule has 0 unspecified atom stereocenters. The number of hydrogen-bond acceptors (Lipinski definition) is 7. The van der Waals surface area contributed by atoms with Crippen LogP contribution in [0, 0.1) is 0 Å². The standard InChI is InChI=1S/C21H24N3O4P/c1-3-26-29(25,27-4-2)21-20(23-16-18-11-8-14-22-15-18)28-19(24-21)13-12-17-9-6-5-7-10-17/h5-15,23H,3-4,16H2,1-2H3. The van der Waals surface area contributed by atoms with E-state index in [1.54, 1.807) is 32.3 Å². The van der Waals surface area contributed by atoms with Crippen molar-refractivity contribution in [1.82, 2.24) is 9.97 Å². The van der Waals surface area contributed by atoms with Crippen LogP contribution in [0.15, 0.2) is 59.3 Å². The van der Waals surface area contributed by atoms with Crippen molar-refractivity contribution in [3.63, 3.8) is 0 Å². The van der Waals surface area contributed by atoms with Crippen molar-refractivity contribution >= 4 is 31.1 Å². The highest BCUT2D eigenvalue weighted by Gasteiger charge is 2.35. The molecule has 0 fully saturated rings. The van der Waals surface area contributed by atoms with E-state index in [1.165, 1.54) is 0 Å². The third-order valence-electron chi connectivity index (χ3n) is 3.88. The third kappa shape index (κ3) is 5.64. The van der Waals surface area contributed by atoms with E-state index in [0.717, 1.165) is 11.1 Å². The molecule has 0 amide bonds. The minimum Gasteiger partial charge on any atom is -0.420 e. The minimum atomic E-state index is -3.62. The summed E-state index contributed by atoms with van der Waals surface area (Å²) in [6.45, 7) is 4.38. The number of hydrogen-bond donors (Lipinski definition) is 1. The van der Waals surface area contributed by atoms with Crippen LogP contribution in [0.3, 0.4) is 0 Å². The van der Waals surface area contributed by atoms with E-state index in [4.69, 9.17) is 13.5 Å². The zero-order valence-electron chi connectivity index (χ0n) is 16.4. The van der Waals surface area contributed by atoms with Gasteiger partial charge in [-0.1, -0.05) is 36.4 Å². The molecule has 0 saturated heterocycles. The number of anilines is 1. The maximum absolute atomic E-state index is 13.3. The summed E-state index contributed by atoms with van der Waals surface area (Å²) in [5, 5.41) is 3.14. The first-order valence-corrected chi connectivity index (χ1v) is 10.9. The largest absolute Gasteiger partial charge is 0.420 e. The second kappa shape index (κ2) is 10.2. The van der Waals surface area contributed by atoms with Crippen LogP contribution in [0.5, 0.6) is 0 Å². The highest BCUT2D eigenvalue weighted by Crippen LogP contribution is 2.48. The monoisotopic (exact) mass is 413 g/mol. The molecule has 1 aromatic carbocycles. The number of aromatic nitrogens is 2. The summed E-state index contributed by atoms with van der Waals surface area (Å²) in [6.07, 6.45) is 7.03. The molecule has 0 saturated carbocycles. The lowest BCUT2D eigenvalue weighted by Crippen LogP contribution is -2.16. The molecule has 0 aliphatic carbocycles. The van der Waals surface area contributed by atoms with Crippen molar-refractivity contribution in [1.29, 1.82) is 0 Å². The van der Waals surface area contributed by atoms with Gasteiger partial charge in [0, 0.05) is 25.0 Å². The molecule has 0 spiro atoms. The number of nitrogens with one attached hydrogen (secondary N) is 1. The normalized spacial score (nSPS) is 11.8. The molecule has 152 valence electrons. The quantitative estimate of drug-likeness (QED) is 0.480. The average Bonchev–Trinajstić information content (AvgIpc) is 3.17. The fourth-order valence-corrected chi connectivity index (χ4v) is 4.21. The Labute approximate surface area is 170 Å². The Balaban J connectivity index is 1.91. The first kappa shape index (κ1) is 21.0. The Bertz CT molecular complexity index is 964. The van der Waals surface area contributed by atoms with E-state index in [2.05, 4.69) is 15.3 Å². The molecule has 3 rings (SSSR count). The molecular formula is C21H24N3O4P. The first-order chi connectivity index (χ1) is 14.1. The van der Waals surface area contributed by atoms with Gasteiger partial charge in [-0.25, -0.2) is 0 Å². The fraction of sp³-hybridized carbons (Fsp3) is 0.238. The molecule has 0 atom stereocenters. The number of nitrogens with zero attached hydrogens (tertiary/aromatic N) is 2. The van der Waals surface area contributed by atoms with Gasteiger partial charge in [0.05, 0.1) is 13.2 Å². The molecule has 1 N–H and O–H groups in total. The van der Waals surface area contributed by atoms with Crippen LogP contribution in [0.1, 0.15) is 30.9 Å². The number of rotatable bonds is 10. The maximum Gasteiger partial charge on any atom is 0.385 e. The van der Waals surface area contributed by atoms with Crippen molar-refractivity contribution in [3.05, 3.63) is 71.9 Å². The van der Waals surface area contributed by atoms with E-state index in [1.807, 2.05) is 48.5 Å². The van der Waals surface area contributed by atoms with Gasteiger partial charge in [0.25, 0.3) is 0 Å². The average molecular weight is 413 g/mol. The van der Waals surface area contributed by atoms with Gasteiger partial charge < -0.3 is 18.8 Å². The molecule has 0 bridgehead atoms. The van der Waals surface area contributed by atoms with Gasteiger partial charge in [0.15, 0.2) is 0 Å². The van der Waals surface area contributed by atoms with Gasteiger partial charge in [0.1, 0.15) is 0 Å². The summed E-state index contributed by atoms with van der Waals surface area (Å²) < 4.78 is 30.0. The summed E-state index contributed by atoms with van der Waals surface area (Å²) in [7, 11) is -3.62. The molecule has 2 aromatic heterocycles. The van der Waals surface area contributed by atoms with Crippen LogP contribution < -0.4 is 10.8 Å². The van der Waals surface area contributed by atoms with Gasteiger partial charge in [-0.15, -0.1) is 0 Å². The van der Waals surface area contributed by atoms with Gasteiger partial charge in [-0.3, -0.25) is 9.55 Å². The van der Waals surface area contributed by atoms with Gasteiger partial charge in [0.2, 0.25) is 17.2 Å². The Morgan fingerprint density at radius 3 is 2.48 bits per heavy atom. The van der Waals surface area contributed by atoms with Crippen molar-refractivity contribution in [2.75, 3.05) is 18.5 Å². The van der Waals surface area contributed by atoms with Crippen LogP contribution in [0.25, 0.3) is 12.2 Å². The van der Waals surface area contributed by atoms with Gasteiger partial charge >= 0.3 is 7.60 Å². The lowest BCUT2D eigenvalue weighted by Gasteiger charge is -2.15. The zero-order chi connectivity index (χ0) is 20.5. The molecule has 2 heterocycles. The second-order valence-corrected chi connectivity index (χ2v) is 7.93. The SMILES string of the molecule is CCOP(=O)(OCC)c1nc(C=Cc2ccccc2)oc1NCc1cccnc1. The van der Waals surface area contributed by atoms with Crippen molar-refractivity contribution in [2.24, 2.45) is 0 Å². The number of benzene rings is 1. The molecule has 7 nitrogen and oxygen atoms in total. The van der Waals surface area contributed by atoms with Gasteiger partial charge in [-0.05, 0) is 37.1 Å². The van der Waals surface area contributed by atoms with Crippen molar-refractivity contribution in [3.8, 4) is 0 Å². The smallest absolute Gasteiger partial charge is 0.385 e. The zero-order valence-corrected chi connectivity index (χ0v) is 17.3. The molecule has 3 aromatic rings. The summed E-state index contributed by atoms with van der Waals surface area (Å²) in [4.78, 5) is 8.50. The van der Waals surface area contributed by atoms with Gasteiger partial charge in [-0.2, -0.15) is 4.98 Å². The summed E-state index contributed by atoms with van der Waals surface area (Å²) in [5.74, 6) is 0.559. The number of pyridine rings is 1. The van der Waals surface area contributed by atoms with Crippen LogP contribution in [0.2, 0.25) is 0 Å². The topological polar surface area (TPSA) is 86.5 Å². The summed E-state index contributed by atoms with van der Waals surface area (Å²) in [6, 6.07) is 13.5. The predicted octanol–water partition coefficient (Wildman–Crippen LogP) is 4.74. The van der Waals surface area contributed by atoms with Crippen LogP contribution in [-0.2, 0) is 20.2 Å². The van der Waals surface area contributed by atoms with Crippen molar-refractivity contribution < 1.29 is 18.0 Å². The Hall–Kier alpha value is -2.73. The van der Waals surface area contributed by atoms with Crippen LogP contribution in [-0.4, -0.2) is 23.2 Å². The van der Waals surface area contributed by atoms with Crippen LogP contribution in [0.4, 0.5) is 5.88 Å². The highest BCUT2D eigenvalue weighted by molar-refractivity contribution is 7.62. The Morgan fingerprint density at radius 1 is 1.07 bits per heavy atom. The summed E-state index contributed by atoms with van der Waals surface area (Å²) >= 11 is 0. The molecule has 8 heteroatoms. The Morgan fingerprint density at radius 2 is 1.83 bits per heavy atom. The fourth-order valence-electron chi connectivity index (χ4n) is 2.62. The molecule has 0 aliphatic rings.